The Labute approximate surface area is 128 Å². The summed E-state index contributed by atoms with van der Waals surface area (Å²) in [4.78, 5) is 20.7. The molecular formula is C15H30O6. The molecule has 0 saturated carbocycles. The summed E-state index contributed by atoms with van der Waals surface area (Å²) in [6.45, 7) is 10.2. The van der Waals surface area contributed by atoms with Crippen molar-refractivity contribution >= 4 is 11.9 Å². The Morgan fingerprint density at radius 3 is 2.05 bits per heavy atom. The van der Waals surface area contributed by atoms with Crippen LogP contribution in [0.3, 0.4) is 0 Å². The third-order valence-electron chi connectivity index (χ3n) is 2.33. The van der Waals surface area contributed by atoms with Crippen LogP contribution < -0.4 is 0 Å². The molecule has 0 fully saturated rings. The van der Waals surface area contributed by atoms with Crippen molar-refractivity contribution in [2.45, 2.75) is 59.7 Å². The molecule has 0 rings (SSSR count). The maximum absolute atomic E-state index is 10.4. The van der Waals surface area contributed by atoms with Crippen LogP contribution in [-0.2, 0) is 28.5 Å². The first-order valence-corrected chi connectivity index (χ1v) is 7.28. The van der Waals surface area contributed by atoms with E-state index >= 15 is 0 Å². The van der Waals surface area contributed by atoms with E-state index in [1.54, 1.807) is 7.11 Å². The lowest BCUT2D eigenvalue weighted by Crippen LogP contribution is -2.18. The lowest BCUT2D eigenvalue weighted by molar-refractivity contribution is -0.148. The molecule has 2 unspecified atom stereocenters. The molecule has 0 heterocycles. The summed E-state index contributed by atoms with van der Waals surface area (Å²) >= 11 is 0. The van der Waals surface area contributed by atoms with Crippen molar-refractivity contribution in [2.24, 2.45) is 0 Å². The average Bonchev–Trinajstić information content (AvgIpc) is 2.40. The zero-order valence-corrected chi connectivity index (χ0v) is 14.1. The van der Waals surface area contributed by atoms with Crippen LogP contribution in [0.1, 0.15) is 47.5 Å². The van der Waals surface area contributed by atoms with Crippen molar-refractivity contribution in [3.8, 4) is 0 Å². The van der Waals surface area contributed by atoms with Crippen LogP contribution in [0.4, 0.5) is 0 Å². The summed E-state index contributed by atoms with van der Waals surface area (Å²) < 4.78 is 19.7. The Morgan fingerprint density at radius 2 is 1.67 bits per heavy atom. The van der Waals surface area contributed by atoms with Crippen LogP contribution in [0.25, 0.3) is 0 Å². The van der Waals surface area contributed by atoms with Gasteiger partial charge in [0.05, 0.1) is 12.7 Å². The van der Waals surface area contributed by atoms with Crippen LogP contribution in [-0.4, -0.2) is 51.1 Å². The van der Waals surface area contributed by atoms with Gasteiger partial charge in [0.25, 0.3) is 0 Å². The number of hydrogen-bond acceptors (Lipinski definition) is 6. The molecule has 0 spiro atoms. The second-order valence-electron chi connectivity index (χ2n) is 4.56. The van der Waals surface area contributed by atoms with Crippen LogP contribution in [0.5, 0.6) is 0 Å². The topological polar surface area (TPSA) is 71.1 Å². The van der Waals surface area contributed by atoms with Crippen molar-refractivity contribution in [1.82, 2.24) is 0 Å². The summed E-state index contributed by atoms with van der Waals surface area (Å²) in [5.41, 5.74) is 0. The first-order valence-electron chi connectivity index (χ1n) is 7.28. The van der Waals surface area contributed by atoms with Gasteiger partial charge in [-0.3, -0.25) is 9.59 Å². The fourth-order valence-electron chi connectivity index (χ4n) is 1.27. The Bertz CT molecular complexity index is 263. The zero-order valence-electron chi connectivity index (χ0n) is 14.1. The molecule has 0 aliphatic rings. The van der Waals surface area contributed by atoms with Crippen LogP contribution in [0.15, 0.2) is 0 Å². The first-order chi connectivity index (χ1) is 9.87. The lowest BCUT2D eigenvalue weighted by atomic mass is 10.3. The largest absolute Gasteiger partial charge is 0.463 e. The highest BCUT2D eigenvalue weighted by Gasteiger charge is 2.05. The summed E-state index contributed by atoms with van der Waals surface area (Å²) in [6, 6.07) is 0. The van der Waals surface area contributed by atoms with Gasteiger partial charge in [-0.25, -0.2) is 0 Å². The molecule has 0 saturated heterocycles. The third-order valence-corrected chi connectivity index (χ3v) is 2.33. The second kappa shape index (κ2) is 15.3. The monoisotopic (exact) mass is 306 g/mol. The van der Waals surface area contributed by atoms with E-state index in [9.17, 15) is 9.59 Å². The predicted molar refractivity (Wildman–Crippen MR) is 80.1 cm³/mol. The normalized spacial score (nSPS) is 12.7. The molecule has 0 amide bonds. The zero-order chi connectivity index (χ0) is 16.7. The molecule has 6 heteroatoms. The molecule has 0 aromatic rings. The maximum Gasteiger partial charge on any atom is 0.302 e. The van der Waals surface area contributed by atoms with Gasteiger partial charge in [-0.15, -0.1) is 0 Å². The highest BCUT2D eigenvalue weighted by atomic mass is 16.6. The molecule has 21 heavy (non-hydrogen) atoms. The lowest BCUT2D eigenvalue weighted by Gasteiger charge is -2.11. The molecule has 0 aromatic heterocycles. The van der Waals surface area contributed by atoms with Crippen molar-refractivity contribution in [3.05, 3.63) is 0 Å². The minimum Gasteiger partial charge on any atom is -0.463 e. The minimum atomic E-state index is -0.254. The van der Waals surface area contributed by atoms with Crippen molar-refractivity contribution in [2.75, 3.05) is 26.9 Å². The number of hydrogen-bond donors (Lipinski definition) is 0. The molecule has 0 N–H and O–H groups in total. The van der Waals surface area contributed by atoms with E-state index in [-0.39, 0.29) is 24.1 Å². The Kier molecular flexibility index (Phi) is 16.1. The van der Waals surface area contributed by atoms with Gasteiger partial charge in [-0.1, -0.05) is 13.8 Å². The molecular weight excluding hydrogens is 276 g/mol. The van der Waals surface area contributed by atoms with E-state index in [1.165, 1.54) is 13.8 Å². The molecule has 126 valence electrons. The molecule has 0 aromatic carbocycles. The van der Waals surface area contributed by atoms with Gasteiger partial charge in [0.2, 0.25) is 0 Å². The van der Waals surface area contributed by atoms with Crippen LogP contribution in [0.2, 0.25) is 0 Å². The Balaban J connectivity index is 0. The fraction of sp³-hybridized carbons (Fsp3) is 0.867. The minimum absolute atomic E-state index is 0.0453. The van der Waals surface area contributed by atoms with E-state index in [2.05, 4.69) is 0 Å². The molecule has 0 bridgehead atoms. The quantitative estimate of drug-likeness (QED) is 0.481. The van der Waals surface area contributed by atoms with Crippen LogP contribution in [0, 0.1) is 0 Å². The number of esters is 2. The highest BCUT2D eigenvalue weighted by molar-refractivity contribution is 5.66. The van der Waals surface area contributed by atoms with Gasteiger partial charge < -0.3 is 18.9 Å². The van der Waals surface area contributed by atoms with Gasteiger partial charge in [0.15, 0.2) is 0 Å². The van der Waals surface area contributed by atoms with E-state index in [4.69, 9.17) is 18.9 Å². The van der Waals surface area contributed by atoms with E-state index < -0.39 is 0 Å². The van der Waals surface area contributed by atoms with Gasteiger partial charge in [0.1, 0.15) is 12.7 Å². The average molecular weight is 306 g/mol. The van der Waals surface area contributed by atoms with Crippen molar-refractivity contribution < 1.29 is 28.5 Å². The van der Waals surface area contributed by atoms with Gasteiger partial charge in [-0.05, 0) is 19.8 Å². The van der Waals surface area contributed by atoms with Crippen molar-refractivity contribution in [1.29, 1.82) is 0 Å². The van der Waals surface area contributed by atoms with Gasteiger partial charge in [-0.2, -0.15) is 0 Å². The van der Waals surface area contributed by atoms with E-state index in [1.807, 2.05) is 20.8 Å². The van der Waals surface area contributed by atoms with Gasteiger partial charge >= 0.3 is 11.9 Å². The molecule has 2 atom stereocenters. The van der Waals surface area contributed by atoms with E-state index in [0.717, 1.165) is 19.4 Å². The summed E-state index contributed by atoms with van der Waals surface area (Å²) in [5, 5.41) is 0. The molecule has 0 aliphatic heterocycles. The SMILES string of the molecule is CCC(COC(C)=O)OC.CCCOCC(C)OC(C)=O. The molecule has 0 aliphatic carbocycles. The van der Waals surface area contributed by atoms with Gasteiger partial charge in [0, 0.05) is 27.6 Å². The Morgan fingerprint density at radius 1 is 1.05 bits per heavy atom. The fourth-order valence-corrected chi connectivity index (χ4v) is 1.27. The maximum atomic E-state index is 10.4. The number of methoxy groups -OCH3 is 1. The molecule has 6 nitrogen and oxygen atoms in total. The second-order valence-corrected chi connectivity index (χ2v) is 4.56. The van der Waals surface area contributed by atoms with Crippen molar-refractivity contribution in [3.63, 3.8) is 0 Å². The smallest absolute Gasteiger partial charge is 0.302 e. The summed E-state index contributed by atoms with van der Waals surface area (Å²) in [5.74, 6) is -0.506. The molecule has 0 radical (unpaired) electrons. The number of carbonyl (C=O) groups excluding carboxylic acids is 2. The predicted octanol–water partition coefficient (Wildman–Crippen LogP) is 2.34. The highest BCUT2D eigenvalue weighted by Crippen LogP contribution is 1.96. The Hall–Kier alpha value is -1.14. The number of carbonyl (C=O) groups is 2. The third kappa shape index (κ3) is 18.9. The first kappa shape index (κ1) is 22.1. The van der Waals surface area contributed by atoms with E-state index in [0.29, 0.717) is 13.2 Å². The number of rotatable bonds is 9. The standard InChI is InChI=1S/C8H16O3.C7H14O3/c1-4-5-10-6-7(2)11-8(3)9;1-4-7(9-3)5-10-6(2)8/h7H,4-6H2,1-3H3;7H,4-5H2,1-3H3. The summed E-state index contributed by atoms with van der Waals surface area (Å²) in [7, 11) is 1.61. The van der Waals surface area contributed by atoms with Crippen LogP contribution >= 0.6 is 0 Å². The summed E-state index contributed by atoms with van der Waals surface area (Å²) in [6.07, 6.45) is 1.78. The number of ether oxygens (including phenoxy) is 4.